The van der Waals surface area contributed by atoms with Gasteiger partial charge in [0.25, 0.3) is 0 Å². The van der Waals surface area contributed by atoms with E-state index < -0.39 is 0 Å². The average molecular weight is 339 g/mol. The molecule has 1 amide bonds. The van der Waals surface area contributed by atoms with Gasteiger partial charge in [0.05, 0.1) is 5.70 Å². The van der Waals surface area contributed by atoms with Crippen molar-refractivity contribution in [2.24, 2.45) is 28.6 Å². The van der Waals surface area contributed by atoms with Crippen LogP contribution in [0.1, 0.15) is 46.5 Å². The molecule has 2 fully saturated rings. The molecule has 0 unspecified atom stereocenters. The smallest absolute Gasteiger partial charge is 0.221 e. The quantitative estimate of drug-likeness (QED) is 0.798. The minimum Gasteiger partial charge on any atom is -0.323 e. The highest BCUT2D eigenvalue weighted by Crippen LogP contribution is 2.62. The molecule has 0 aromatic heterocycles. The summed E-state index contributed by atoms with van der Waals surface area (Å²) in [6.45, 7) is 5.75. The summed E-state index contributed by atoms with van der Waals surface area (Å²) in [5, 5.41) is 2.75. The lowest BCUT2D eigenvalue weighted by molar-refractivity contribution is -0.130. The number of hydrogen-bond acceptors (Lipinski definition) is 3. The van der Waals surface area contributed by atoms with Crippen LogP contribution in [0.15, 0.2) is 35.6 Å². The molecule has 0 spiro atoms. The molecule has 25 heavy (non-hydrogen) atoms. The average Bonchev–Trinajstić information content (AvgIpc) is 2.86. The number of ketones is 2. The Labute approximate surface area is 148 Å². The number of Topliss-reactive ketones (excluding diaryl/α,β-unsaturated/α-hetero) is 1. The van der Waals surface area contributed by atoms with Crippen molar-refractivity contribution in [3.8, 4) is 0 Å². The van der Waals surface area contributed by atoms with Gasteiger partial charge in [-0.1, -0.05) is 32.1 Å². The van der Waals surface area contributed by atoms with Gasteiger partial charge in [-0.3, -0.25) is 14.4 Å². The third-order valence-electron chi connectivity index (χ3n) is 7.28. The number of allylic oxidation sites excluding steroid dienone is 5. The summed E-state index contributed by atoms with van der Waals surface area (Å²) in [4.78, 5) is 36.3. The summed E-state index contributed by atoms with van der Waals surface area (Å²) in [5.74, 6) is 1.18. The predicted molar refractivity (Wildman–Crippen MR) is 94.3 cm³/mol. The fourth-order valence-electron chi connectivity index (χ4n) is 5.86. The van der Waals surface area contributed by atoms with Crippen LogP contribution < -0.4 is 5.32 Å². The van der Waals surface area contributed by atoms with E-state index in [2.05, 4.69) is 25.2 Å². The second-order valence-electron chi connectivity index (χ2n) is 8.52. The molecule has 4 nitrogen and oxygen atoms in total. The van der Waals surface area contributed by atoms with E-state index in [9.17, 15) is 14.4 Å². The molecule has 4 aliphatic carbocycles. The van der Waals surface area contributed by atoms with Gasteiger partial charge in [-0.15, -0.1) is 0 Å². The molecule has 2 saturated carbocycles. The molecule has 0 aliphatic heterocycles. The molecule has 5 atom stereocenters. The number of fused-ring (bicyclic) bond motifs is 5. The van der Waals surface area contributed by atoms with Crippen molar-refractivity contribution in [2.45, 2.75) is 46.5 Å². The fourth-order valence-corrected chi connectivity index (χ4v) is 5.86. The lowest BCUT2D eigenvalue weighted by Gasteiger charge is -2.53. The summed E-state index contributed by atoms with van der Waals surface area (Å²) in [5.41, 5.74) is 0.892. The van der Waals surface area contributed by atoms with Gasteiger partial charge in [0.2, 0.25) is 11.7 Å². The van der Waals surface area contributed by atoms with Crippen LogP contribution in [0.2, 0.25) is 0 Å². The van der Waals surface area contributed by atoms with Gasteiger partial charge in [0.15, 0.2) is 0 Å². The highest BCUT2D eigenvalue weighted by Gasteiger charge is 2.57. The number of hydrogen-bond donors (Lipinski definition) is 1. The van der Waals surface area contributed by atoms with Crippen LogP contribution in [0, 0.1) is 28.6 Å². The van der Waals surface area contributed by atoms with Crippen molar-refractivity contribution in [3.05, 3.63) is 35.6 Å². The lowest BCUT2D eigenvalue weighted by Crippen LogP contribution is -2.49. The van der Waals surface area contributed by atoms with Crippen LogP contribution in [0.4, 0.5) is 0 Å². The summed E-state index contributed by atoms with van der Waals surface area (Å²) in [6, 6.07) is 0. The molecular weight excluding hydrogens is 314 g/mol. The first-order valence-electron chi connectivity index (χ1n) is 9.25. The van der Waals surface area contributed by atoms with Crippen LogP contribution in [-0.4, -0.2) is 17.5 Å². The van der Waals surface area contributed by atoms with Crippen molar-refractivity contribution < 1.29 is 14.4 Å². The zero-order chi connectivity index (χ0) is 18.0. The number of carbonyl (C=O) groups excluding carboxylic acids is 3. The van der Waals surface area contributed by atoms with Crippen molar-refractivity contribution in [2.75, 3.05) is 0 Å². The van der Waals surface area contributed by atoms with Crippen molar-refractivity contribution >= 4 is 17.5 Å². The molecule has 0 radical (unpaired) electrons. The number of carbonyl (C=O) groups is 3. The van der Waals surface area contributed by atoms with Gasteiger partial charge in [-0.25, -0.2) is 0 Å². The van der Waals surface area contributed by atoms with E-state index in [1.807, 2.05) is 12.2 Å². The molecule has 4 rings (SSSR count). The maximum atomic E-state index is 12.4. The molecule has 0 aromatic rings. The van der Waals surface area contributed by atoms with Gasteiger partial charge in [0.1, 0.15) is 5.78 Å². The maximum absolute atomic E-state index is 12.4. The zero-order valence-corrected chi connectivity index (χ0v) is 15.1. The first kappa shape index (κ1) is 16.5. The van der Waals surface area contributed by atoms with Crippen molar-refractivity contribution in [1.29, 1.82) is 0 Å². The van der Waals surface area contributed by atoms with Gasteiger partial charge >= 0.3 is 0 Å². The summed E-state index contributed by atoms with van der Waals surface area (Å²) >= 11 is 0. The zero-order valence-electron chi connectivity index (χ0n) is 15.1. The molecular formula is C21H25NO3. The van der Waals surface area contributed by atoms with Gasteiger partial charge < -0.3 is 5.32 Å². The van der Waals surface area contributed by atoms with E-state index >= 15 is 0 Å². The predicted octanol–water partition coefficient (Wildman–Crippen LogP) is 3.10. The summed E-state index contributed by atoms with van der Waals surface area (Å²) in [6.07, 6.45) is 11.4. The van der Waals surface area contributed by atoms with Crippen LogP contribution in [0.5, 0.6) is 0 Å². The molecule has 0 bridgehead atoms. The third-order valence-corrected chi connectivity index (χ3v) is 7.28. The first-order valence-corrected chi connectivity index (χ1v) is 9.25. The Morgan fingerprint density at radius 3 is 2.64 bits per heavy atom. The summed E-state index contributed by atoms with van der Waals surface area (Å²) < 4.78 is 0. The Bertz CT molecular complexity index is 774. The number of rotatable bonds is 1. The topological polar surface area (TPSA) is 63.2 Å². The number of nitrogens with one attached hydrogen (secondary N) is 1. The van der Waals surface area contributed by atoms with Crippen molar-refractivity contribution in [1.82, 2.24) is 5.32 Å². The van der Waals surface area contributed by atoms with Crippen LogP contribution in [0.3, 0.4) is 0 Å². The molecule has 132 valence electrons. The second-order valence-corrected chi connectivity index (χ2v) is 8.52. The fraction of sp³-hybridized carbons (Fsp3) is 0.571. The standard InChI is InChI=1S/C21H25NO3/c1-12(23)22-19-16-5-4-13-14-6-7-18(25)21(14,3)10-8-15(13)20(16,2)11-9-17(19)24/h4-5,9,11,13-15H,6-8,10H2,1-3H3,(H,22,23)/t13-,14-,15-,20+,21-/m0/s1. The Hall–Kier alpha value is -1.97. The van der Waals surface area contributed by atoms with Crippen LogP contribution in [-0.2, 0) is 14.4 Å². The highest BCUT2D eigenvalue weighted by molar-refractivity contribution is 6.08. The molecule has 1 N–H and O–H groups in total. The van der Waals surface area contributed by atoms with E-state index in [1.54, 1.807) is 6.08 Å². The molecule has 0 heterocycles. The van der Waals surface area contributed by atoms with Gasteiger partial charge in [-0.2, -0.15) is 0 Å². The minimum absolute atomic E-state index is 0.137. The highest BCUT2D eigenvalue weighted by atomic mass is 16.2. The van der Waals surface area contributed by atoms with E-state index in [-0.39, 0.29) is 22.5 Å². The Morgan fingerprint density at radius 1 is 1.16 bits per heavy atom. The van der Waals surface area contributed by atoms with E-state index in [0.717, 1.165) is 24.8 Å². The van der Waals surface area contributed by atoms with Crippen LogP contribution >= 0.6 is 0 Å². The maximum Gasteiger partial charge on any atom is 0.221 e. The van der Waals surface area contributed by atoms with E-state index in [0.29, 0.717) is 35.7 Å². The number of amides is 1. The third kappa shape index (κ3) is 2.16. The van der Waals surface area contributed by atoms with E-state index in [1.165, 1.54) is 6.92 Å². The SMILES string of the molecule is CC(=O)NC1=C2C=C[C@@H]3[C@H](CC[C@]4(C)C(=O)CC[C@@H]34)[C@@]2(C)C=CC1=O. The van der Waals surface area contributed by atoms with E-state index in [4.69, 9.17) is 0 Å². The lowest BCUT2D eigenvalue weighted by atomic mass is 9.50. The largest absolute Gasteiger partial charge is 0.323 e. The van der Waals surface area contributed by atoms with Crippen molar-refractivity contribution in [3.63, 3.8) is 0 Å². The Kier molecular flexibility index (Phi) is 3.47. The normalized spacial score (nSPS) is 42.1. The monoisotopic (exact) mass is 339 g/mol. The van der Waals surface area contributed by atoms with Crippen LogP contribution in [0.25, 0.3) is 0 Å². The minimum atomic E-state index is -0.266. The first-order chi connectivity index (χ1) is 11.8. The molecule has 4 aliphatic rings. The molecule has 4 heteroatoms. The summed E-state index contributed by atoms with van der Waals surface area (Å²) in [7, 11) is 0. The van der Waals surface area contributed by atoms with Gasteiger partial charge in [-0.05, 0) is 48.7 Å². The Balaban J connectivity index is 1.80. The molecule has 0 aromatic carbocycles. The second kappa shape index (κ2) is 5.26. The van der Waals surface area contributed by atoms with Gasteiger partial charge in [0, 0.05) is 24.2 Å². The Morgan fingerprint density at radius 2 is 1.92 bits per heavy atom. The molecule has 0 saturated heterocycles.